The zero-order valence-electron chi connectivity index (χ0n) is 14.7. The molecule has 1 heterocycles. The molecule has 0 fully saturated rings. The number of nitrogens with one attached hydrogen (secondary N) is 1. The summed E-state index contributed by atoms with van der Waals surface area (Å²) in [5.41, 5.74) is 15.2. The highest BCUT2D eigenvalue weighted by molar-refractivity contribution is 7.08. The number of hydrogen-bond donors (Lipinski definition) is 3. The largest absolute Gasteiger partial charge is 0.423 e. The molecule has 0 aliphatic heterocycles. The Morgan fingerprint density at radius 1 is 1.07 bits per heavy atom. The van der Waals surface area contributed by atoms with Crippen LogP contribution in [0, 0.1) is 0 Å². The number of carbonyl (C=O) groups is 2. The van der Waals surface area contributed by atoms with E-state index < -0.39 is 11.9 Å². The van der Waals surface area contributed by atoms with Gasteiger partial charge in [0.25, 0.3) is 5.91 Å². The van der Waals surface area contributed by atoms with Crippen LogP contribution in [-0.4, -0.2) is 11.9 Å². The van der Waals surface area contributed by atoms with E-state index in [2.05, 4.69) is 5.32 Å². The Hall–Kier alpha value is -3.32. The molecule has 0 saturated carbocycles. The molecule has 1 aromatic heterocycles. The third kappa shape index (κ3) is 4.09. The average Bonchev–Trinajstić information content (AvgIpc) is 3.19. The molecule has 0 radical (unpaired) electrons. The van der Waals surface area contributed by atoms with E-state index in [-0.39, 0.29) is 23.4 Å². The third-order valence-corrected chi connectivity index (χ3v) is 4.63. The van der Waals surface area contributed by atoms with Crippen molar-refractivity contribution in [2.75, 3.05) is 16.8 Å². The van der Waals surface area contributed by atoms with Gasteiger partial charge in [-0.1, -0.05) is 19.1 Å². The van der Waals surface area contributed by atoms with Crippen molar-refractivity contribution in [3.8, 4) is 16.9 Å². The highest BCUT2D eigenvalue weighted by Crippen LogP contribution is 2.31. The van der Waals surface area contributed by atoms with Gasteiger partial charge in [0, 0.05) is 6.42 Å². The predicted octanol–water partition coefficient (Wildman–Crippen LogP) is 4.15. The van der Waals surface area contributed by atoms with Crippen LogP contribution in [-0.2, 0) is 4.79 Å². The fraction of sp³-hybridized carbons (Fsp3) is 0.100. The van der Waals surface area contributed by atoms with Crippen molar-refractivity contribution in [2.45, 2.75) is 13.3 Å². The standard InChI is InChI=1S/C20H19N3O3S/c1-2-18(24)26-19-14(4-3-5-16(19)22)20(25)23-17-10-12(6-7-15(17)21)13-8-9-27-11-13/h3-11H,2,21-22H2,1H3,(H,23,25). The van der Waals surface area contributed by atoms with E-state index in [1.807, 2.05) is 22.9 Å². The van der Waals surface area contributed by atoms with Crippen LogP contribution >= 0.6 is 11.3 Å². The molecule has 0 saturated heterocycles. The van der Waals surface area contributed by atoms with Crippen molar-refractivity contribution >= 4 is 40.3 Å². The van der Waals surface area contributed by atoms with E-state index in [1.165, 1.54) is 0 Å². The lowest BCUT2D eigenvalue weighted by atomic mass is 10.1. The number of rotatable bonds is 5. The van der Waals surface area contributed by atoms with Gasteiger partial charge < -0.3 is 21.5 Å². The second-order valence-electron chi connectivity index (χ2n) is 5.82. The molecule has 2 aromatic carbocycles. The minimum absolute atomic E-state index is 0.0504. The number of ether oxygens (including phenoxy) is 1. The zero-order chi connectivity index (χ0) is 19.4. The summed E-state index contributed by atoms with van der Waals surface area (Å²) >= 11 is 1.59. The molecule has 27 heavy (non-hydrogen) atoms. The summed E-state index contributed by atoms with van der Waals surface area (Å²) in [7, 11) is 0. The smallest absolute Gasteiger partial charge is 0.310 e. The molecular formula is C20H19N3O3S. The maximum absolute atomic E-state index is 12.8. The van der Waals surface area contributed by atoms with E-state index in [4.69, 9.17) is 16.2 Å². The number of thiophene rings is 1. The van der Waals surface area contributed by atoms with Gasteiger partial charge in [-0.2, -0.15) is 11.3 Å². The summed E-state index contributed by atoms with van der Waals surface area (Å²) in [6.45, 7) is 1.66. The Bertz CT molecular complexity index is 984. The van der Waals surface area contributed by atoms with Crippen LogP contribution in [0.25, 0.3) is 11.1 Å². The van der Waals surface area contributed by atoms with Crippen molar-refractivity contribution in [3.63, 3.8) is 0 Å². The molecule has 0 unspecified atom stereocenters. The van der Waals surface area contributed by atoms with Crippen molar-refractivity contribution in [3.05, 3.63) is 58.8 Å². The molecule has 0 aliphatic rings. The number of nitrogens with two attached hydrogens (primary N) is 2. The molecule has 0 spiro atoms. The van der Waals surface area contributed by atoms with Gasteiger partial charge in [0.05, 0.1) is 22.6 Å². The lowest BCUT2D eigenvalue weighted by molar-refractivity contribution is -0.133. The summed E-state index contributed by atoms with van der Waals surface area (Å²) in [6.07, 6.45) is 0.172. The molecule has 1 amide bonds. The lowest BCUT2D eigenvalue weighted by Crippen LogP contribution is -2.17. The van der Waals surface area contributed by atoms with E-state index >= 15 is 0 Å². The van der Waals surface area contributed by atoms with Gasteiger partial charge in [-0.15, -0.1) is 0 Å². The van der Waals surface area contributed by atoms with Gasteiger partial charge in [0.15, 0.2) is 5.75 Å². The minimum Gasteiger partial charge on any atom is -0.423 e. The number of nitrogen functional groups attached to an aromatic ring is 2. The number of carbonyl (C=O) groups excluding carboxylic acids is 2. The maximum Gasteiger partial charge on any atom is 0.310 e. The van der Waals surface area contributed by atoms with Crippen LogP contribution in [0.5, 0.6) is 5.75 Å². The summed E-state index contributed by atoms with van der Waals surface area (Å²) in [4.78, 5) is 24.5. The average molecular weight is 381 g/mol. The van der Waals surface area contributed by atoms with Gasteiger partial charge in [0.2, 0.25) is 0 Å². The molecule has 3 aromatic rings. The lowest BCUT2D eigenvalue weighted by Gasteiger charge is -2.14. The summed E-state index contributed by atoms with van der Waals surface area (Å²) < 4.78 is 5.24. The Morgan fingerprint density at radius 3 is 2.59 bits per heavy atom. The molecular weight excluding hydrogens is 362 g/mol. The van der Waals surface area contributed by atoms with Gasteiger partial charge in [-0.05, 0) is 52.2 Å². The number of hydrogen-bond acceptors (Lipinski definition) is 6. The van der Waals surface area contributed by atoms with Crippen molar-refractivity contribution < 1.29 is 14.3 Å². The monoisotopic (exact) mass is 381 g/mol. The Labute approximate surface area is 160 Å². The summed E-state index contributed by atoms with van der Waals surface area (Å²) in [5, 5.41) is 6.77. The van der Waals surface area contributed by atoms with Crippen LogP contribution in [0.15, 0.2) is 53.2 Å². The highest BCUT2D eigenvalue weighted by Gasteiger charge is 2.18. The molecule has 138 valence electrons. The zero-order valence-corrected chi connectivity index (χ0v) is 15.5. The normalized spacial score (nSPS) is 10.4. The van der Waals surface area contributed by atoms with E-state index in [0.29, 0.717) is 11.4 Å². The predicted molar refractivity (Wildman–Crippen MR) is 109 cm³/mol. The van der Waals surface area contributed by atoms with Gasteiger partial charge in [-0.3, -0.25) is 9.59 Å². The SMILES string of the molecule is CCC(=O)Oc1c(N)cccc1C(=O)Nc1cc(-c2ccsc2)ccc1N. The number of benzene rings is 2. The van der Waals surface area contributed by atoms with Gasteiger partial charge in [0.1, 0.15) is 0 Å². The van der Waals surface area contributed by atoms with E-state index in [1.54, 1.807) is 48.6 Å². The van der Waals surface area contributed by atoms with Crippen molar-refractivity contribution in [2.24, 2.45) is 0 Å². The topological polar surface area (TPSA) is 107 Å². The molecule has 6 nitrogen and oxygen atoms in total. The van der Waals surface area contributed by atoms with Gasteiger partial charge >= 0.3 is 5.97 Å². The fourth-order valence-electron chi connectivity index (χ4n) is 2.50. The quantitative estimate of drug-likeness (QED) is 0.350. The van der Waals surface area contributed by atoms with Crippen LogP contribution < -0.4 is 21.5 Å². The Kier molecular flexibility index (Phi) is 5.42. The second-order valence-corrected chi connectivity index (χ2v) is 6.60. The number of anilines is 3. The minimum atomic E-state index is -0.471. The first-order chi connectivity index (χ1) is 13.0. The third-order valence-electron chi connectivity index (χ3n) is 3.95. The number of para-hydroxylation sites is 1. The molecule has 3 rings (SSSR count). The van der Waals surface area contributed by atoms with Crippen LogP contribution in [0.2, 0.25) is 0 Å². The number of esters is 1. The second kappa shape index (κ2) is 7.92. The number of amides is 1. The van der Waals surface area contributed by atoms with Gasteiger partial charge in [-0.25, -0.2) is 0 Å². The molecule has 0 aliphatic carbocycles. The molecule has 7 heteroatoms. The first-order valence-electron chi connectivity index (χ1n) is 8.32. The Morgan fingerprint density at radius 2 is 1.89 bits per heavy atom. The highest BCUT2D eigenvalue weighted by atomic mass is 32.1. The molecule has 5 N–H and O–H groups in total. The van der Waals surface area contributed by atoms with Crippen LogP contribution in [0.3, 0.4) is 0 Å². The summed E-state index contributed by atoms with van der Waals surface area (Å²) in [5.74, 6) is -0.884. The first kappa shape index (κ1) is 18.5. The van der Waals surface area contributed by atoms with E-state index in [0.717, 1.165) is 11.1 Å². The van der Waals surface area contributed by atoms with Crippen LogP contribution in [0.1, 0.15) is 23.7 Å². The fourth-order valence-corrected chi connectivity index (χ4v) is 3.16. The Balaban J connectivity index is 1.91. The molecule has 0 bridgehead atoms. The molecule has 0 atom stereocenters. The van der Waals surface area contributed by atoms with Crippen molar-refractivity contribution in [1.82, 2.24) is 0 Å². The van der Waals surface area contributed by atoms with Crippen LogP contribution in [0.4, 0.5) is 17.1 Å². The van der Waals surface area contributed by atoms with E-state index in [9.17, 15) is 9.59 Å². The van der Waals surface area contributed by atoms with Crippen molar-refractivity contribution in [1.29, 1.82) is 0 Å². The summed E-state index contributed by atoms with van der Waals surface area (Å²) in [6, 6.07) is 12.2. The maximum atomic E-state index is 12.8. The first-order valence-corrected chi connectivity index (χ1v) is 9.26.